The molecule has 0 unspecified atom stereocenters. The van der Waals surface area contributed by atoms with Crippen LogP contribution in [0.1, 0.15) is 0 Å². The number of nitrogens with zero attached hydrogens (tertiary/aromatic N) is 2. The number of carbonyl (C=O) groups is 3. The maximum atomic E-state index is 10.1. The van der Waals surface area contributed by atoms with E-state index < -0.39 is 18.1 Å². The molecule has 5 nitrogen and oxygen atoms in total. The summed E-state index contributed by atoms with van der Waals surface area (Å²) in [4.78, 5) is 31.5. The molecule has 0 atom stereocenters. The van der Waals surface area contributed by atoms with Crippen LogP contribution in [0.5, 0.6) is 0 Å². The lowest BCUT2D eigenvalue weighted by atomic mass is 10.3. The Hall–Kier alpha value is -1.39. The topological polar surface area (TPSA) is 57.7 Å². The van der Waals surface area contributed by atoms with Gasteiger partial charge < -0.3 is 0 Å². The zero-order chi connectivity index (χ0) is 5.89. The van der Waals surface area contributed by atoms with E-state index >= 15 is 0 Å². The molecule has 0 radical (unpaired) electrons. The zero-order valence-electron chi connectivity index (χ0n) is 3.62. The fourth-order valence-electron chi connectivity index (χ4n) is 0.657. The second-order valence-electron chi connectivity index (χ2n) is 1.52. The molecule has 8 heavy (non-hydrogen) atoms. The van der Waals surface area contributed by atoms with Gasteiger partial charge in [-0.1, -0.05) is 0 Å². The van der Waals surface area contributed by atoms with Gasteiger partial charge in [0.1, 0.15) is 0 Å². The van der Waals surface area contributed by atoms with E-state index in [0.29, 0.717) is 9.80 Å². The first kappa shape index (κ1) is 3.59. The van der Waals surface area contributed by atoms with E-state index in [-0.39, 0.29) is 0 Å². The molecule has 2 bridgehead atoms. The highest BCUT2D eigenvalue weighted by Crippen LogP contribution is 2.30. The van der Waals surface area contributed by atoms with Crippen LogP contribution in [0.3, 0.4) is 0 Å². The van der Waals surface area contributed by atoms with Crippen molar-refractivity contribution in [3.05, 3.63) is 0 Å². The van der Waals surface area contributed by atoms with Crippen LogP contribution in [-0.4, -0.2) is 27.9 Å². The highest BCUT2D eigenvalue weighted by Gasteiger charge is 2.66. The Balaban J connectivity index is 2.42. The molecular weight excluding hydrogens is 112 g/mol. The Morgan fingerprint density at radius 3 is 1.00 bits per heavy atom. The van der Waals surface area contributed by atoms with Gasteiger partial charge in [-0.3, -0.25) is 0 Å². The summed E-state index contributed by atoms with van der Waals surface area (Å²) >= 11 is 0. The summed E-state index contributed by atoms with van der Waals surface area (Å²) < 4.78 is 0. The molecule has 0 aromatic rings. The van der Waals surface area contributed by atoms with E-state index in [4.69, 9.17) is 0 Å². The van der Waals surface area contributed by atoms with Gasteiger partial charge in [0.15, 0.2) is 0 Å². The molecule has 3 saturated heterocycles. The predicted octanol–water partition coefficient (Wildman–Crippen LogP) is -0.0224. The van der Waals surface area contributed by atoms with Gasteiger partial charge >= 0.3 is 18.1 Å². The first-order chi connectivity index (χ1) is 3.73. The van der Waals surface area contributed by atoms with Gasteiger partial charge in [-0.25, -0.2) is 14.4 Å². The lowest BCUT2D eigenvalue weighted by molar-refractivity contribution is 0.0697. The molecule has 6 amide bonds. The first-order valence-corrected chi connectivity index (χ1v) is 1.95. The van der Waals surface area contributed by atoms with Gasteiger partial charge in [-0.2, -0.15) is 9.80 Å². The number of hydrogen-bond acceptors (Lipinski definition) is 3. The van der Waals surface area contributed by atoms with Gasteiger partial charge in [0, 0.05) is 0 Å². The molecule has 3 aliphatic rings. The fraction of sp³-hybridized carbons (Fsp3) is 0. The molecule has 0 saturated carbocycles. The van der Waals surface area contributed by atoms with Gasteiger partial charge in [-0.05, 0) is 0 Å². The smallest absolute Gasteiger partial charge is 0.246 e. The Morgan fingerprint density at radius 2 is 1.00 bits per heavy atom. The van der Waals surface area contributed by atoms with Crippen molar-refractivity contribution in [1.29, 1.82) is 0 Å². The third kappa shape index (κ3) is 0.118. The van der Waals surface area contributed by atoms with Crippen molar-refractivity contribution in [1.82, 2.24) is 9.80 Å². The number of rotatable bonds is 0. The Bertz CT molecular complexity index is 165. The van der Waals surface area contributed by atoms with Crippen LogP contribution in [0.4, 0.5) is 14.4 Å². The van der Waals surface area contributed by atoms with E-state index in [9.17, 15) is 14.4 Å². The van der Waals surface area contributed by atoms with Crippen LogP contribution in [-0.2, 0) is 0 Å². The summed E-state index contributed by atoms with van der Waals surface area (Å²) in [5, 5.41) is 0. The third-order valence-electron chi connectivity index (χ3n) is 1.15. The quantitative estimate of drug-likeness (QED) is 0.442. The van der Waals surface area contributed by atoms with Crippen molar-refractivity contribution in [2.75, 3.05) is 0 Å². The van der Waals surface area contributed by atoms with Crippen LogP contribution in [0.25, 0.3) is 0 Å². The summed E-state index contributed by atoms with van der Waals surface area (Å²) in [6, 6.07) is -1.50. The molecule has 0 aromatic heterocycles. The standard InChI is InChI=1S/C3N2O3/c6-1-4-2(7)5(1)3(4)8. The third-order valence-corrected chi connectivity index (χ3v) is 1.15. The van der Waals surface area contributed by atoms with Gasteiger partial charge in [0.05, 0.1) is 0 Å². The Kier molecular flexibility index (Phi) is 0.289. The largest absolute Gasteiger partial charge is 0.353 e. The van der Waals surface area contributed by atoms with E-state index in [0.717, 1.165) is 0 Å². The minimum atomic E-state index is -0.500. The van der Waals surface area contributed by atoms with Crippen LogP contribution in [0, 0.1) is 0 Å². The number of carbonyl (C=O) groups excluding carboxylic acids is 3. The van der Waals surface area contributed by atoms with E-state index in [1.165, 1.54) is 0 Å². The second-order valence-corrected chi connectivity index (χ2v) is 1.52. The Morgan fingerprint density at radius 1 is 0.750 bits per heavy atom. The molecule has 3 fully saturated rings. The normalized spacial score (nSPS) is 23.2. The molecule has 0 aliphatic carbocycles. The maximum Gasteiger partial charge on any atom is 0.353 e. The summed E-state index contributed by atoms with van der Waals surface area (Å²) in [6.45, 7) is 0. The average Bonchev–Trinajstić information content (AvgIpc) is 1.66. The summed E-state index contributed by atoms with van der Waals surface area (Å²) in [7, 11) is 0. The molecule has 0 spiro atoms. The van der Waals surface area contributed by atoms with Crippen molar-refractivity contribution >= 4 is 18.1 Å². The number of amides is 6. The van der Waals surface area contributed by atoms with Gasteiger partial charge in [-0.15, -0.1) is 0 Å². The first-order valence-electron chi connectivity index (χ1n) is 1.95. The molecule has 5 heteroatoms. The van der Waals surface area contributed by atoms with E-state index in [2.05, 4.69) is 0 Å². The molecule has 3 aliphatic heterocycles. The van der Waals surface area contributed by atoms with Crippen molar-refractivity contribution < 1.29 is 14.4 Å². The monoisotopic (exact) mass is 112 g/mol. The predicted molar refractivity (Wildman–Crippen MR) is 19.9 cm³/mol. The number of urea groups is 3. The highest BCUT2D eigenvalue weighted by molar-refractivity contribution is 6.41. The van der Waals surface area contributed by atoms with Gasteiger partial charge in [0.25, 0.3) is 0 Å². The molecule has 0 N–H and O–H groups in total. The average molecular weight is 112 g/mol. The number of hydrogen-bond donors (Lipinski definition) is 0. The summed E-state index contributed by atoms with van der Waals surface area (Å²) in [5.74, 6) is 0. The molecule has 40 valence electrons. The van der Waals surface area contributed by atoms with Crippen LogP contribution < -0.4 is 0 Å². The maximum absolute atomic E-state index is 10.1. The minimum Gasteiger partial charge on any atom is -0.246 e. The zero-order valence-corrected chi connectivity index (χ0v) is 3.62. The fourth-order valence-corrected chi connectivity index (χ4v) is 0.657. The lowest BCUT2D eigenvalue weighted by Gasteiger charge is -2.47. The SMILES string of the molecule is O=C1N2C(=O)N1C2=O. The molecule has 3 heterocycles. The summed E-state index contributed by atoms with van der Waals surface area (Å²) in [6.07, 6.45) is 0. The Labute approximate surface area is 43.5 Å². The van der Waals surface area contributed by atoms with Gasteiger partial charge in [0.2, 0.25) is 0 Å². The molecule has 3 rings (SSSR count). The van der Waals surface area contributed by atoms with Crippen molar-refractivity contribution in [2.24, 2.45) is 0 Å². The number of imide groups is 6. The minimum absolute atomic E-state index is 0.500. The second kappa shape index (κ2) is 0.644. The van der Waals surface area contributed by atoms with E-state index in [1.54, 1.807) is 0 Å². The summed E-state index contributed by atoms with van der Waals surface area (Å²) in [5.41, 5.74) is 0. The molecular formula is C3N2O3. The van der Waals surface area contributed by atoms with Crippen molar-refractivity contribution in [3.63, 3.8) is 0 Å². The van der Waals surface area contributed by atoms with E-state index in [1.807, 2.05) is 0 Å². The van der Waals surface area contributed by atoms with Crippen molar-refractivity contribution in [2.45, 2.75) is 0 Å². The molecule has 0 aromatic carbocycles. The highest BCUT2D eigenvalue weighted by atomic mass is 16.3. The van der Waals surface area contributed by atoms with Crippen molar-refractivity contribution in [3.8, 4) is 0 Å². The van der Waals surface area contributed by atoms with Crippen LogP contribution in [0.15, 0.2) is 0 Å². The van der Waals surface area contributed by atoms with Crippen LogP contribution in [0.2, 0.25) is 0 Å². The lowest BCUT2D eigenvalue weighted by Crippen LogP contribution is -2.82. The van der Waals surface area contributed by atoms with Crippen LogP contribution >= 0.6 is 0 Å².